The molecule has 4 amide bonds. The molecular weight excluding hydrogens is 652 g/mol. The molecule has 2 heterocycles. The number of nitrogens with zero attached hydrogens (tertiary/aromatic N) is 2. The number of benzene rings is 6. The summed E-state index contributed by atoms with van der Waals surface area (Å²) in [5.74, 6) is -1.58. The van der Waals surface area contributed by atoms with Crippen LogP contribution >= 0.6 is 0 Å². The van der Waals surface area contributed by atoms with E-state index in [4.69, 9.17) is 4.74 Å². The summed E-state index contributed by atoms with van der Waals surface area (Å²) in [5.41, 5.74) is 5.88. The van der Waals surface area contributed by atoms with Crippen LogP contribution < -0.4 is 9.64 Å². The van der Waals surface area contributed by atoms with Gasteiger partial charge in [0.15, 0.2) is 0 Å². The van der Waals surface area contributed by atoms with Crippen LogP contribution in [-0.2, 0) is 4.79 Å². The molecule has 0 saturated carbocycles. The molecule has 0 N–H and O–H groups in total. The number of ether oxygens (including phenoxy) is 1. The van der Waals surface area contributed by atoms with Crippen LogP contribution in [0.25, 0.3) is 43.1 Å². The third-order valence-corrected chi connectivity index (χ3v) is 10.6. The SMILES string of the molecule is CCCC(CCC)N1C(=O)c2ccc3c4ccc5c6c(ccc(c7ccc(c2c37)C1=O)c64)C(=O)N(c1ccc(OC(=O)CC2=C=CC=C2)cc1)C5=O. The smallest absolute Gasteiger partial charge is 0.316 e. The maximum Gasteiger partial charge on any atom is 0.316 e. The molecule has 2 aliphatic heterocycles. The second-order valence-corrected chi connectivity index (χ2v) is 13.6. The van der Waals surface area contributed by atoms with Crippen LogP contribution in [0.15, 0.2) is 102 Å². The van der Waals surface area contributed by atoms with Gasteiger partial charge in [-0.1, -0.05) is 63.1 Å². The van der Waals surface area contributed by atoms with Gasteiger partial charge in [-0.15, -0.1) is 5.73 Å². The van der Waals surface area contributed by atoms with Crippen molar-refractivity contribution in [2.24, 2.45) is 0 Å². The monoisotopic (exact) mass is 684 g/mol. The molecule has 8 nitrogen and oxygen atoms in total. The lowest BCUT2D eigenvalue weighted by Crippen LogP contribution is -2.47. The summed E-state index contributed by atoms with van der Waals surface area (Å²) in [4.78, 5) is 71.4. The van der Waals surface area contributed by atoms with E-state index in [1.807, 2.05) is 36.4 Å². The Labute approximate surface area is 298 Å². The minimum atomic E-state index is -0.460. The number of hydrogen-bond acceptors (Lipinski definition) is 6. The fraction of sp³-hybridized carbons (Fsp3) is 0.182. The molecule has 6 aromatic rings. The van der Waals surface area contributed by atoms with Gasteiger partial charge in [-0.3, -0.25) is 28.9 Å². The lowest BCUT2D eigenvalue weighted by molar-refractivity contribution is -0.133. The Balaban J connectivity index is 1.13. The van der Waals surface area contributed by atoms with E-state index in [1.54, 1.807) is 54.6 Å². The van der Waals surface area contributed by atoms with Crippen molar-refractivity contribution in [2.75, 3.05) is 4.90 Å². The number of carbonyl (C=O) groups excluding carboxylic acids is 5. The number of hydrogen-bond donors (Lipinski definition) is 0. The van der Waals surface area contributed by atoms with Crippen molar-refractivity contribution in [3.63, 3.8) is 0 Å². The molecule has 254 valence electrons. The van der Waals surface area contributed by atoms with Crippen molar-refractivity contribution in [1.82, 2.24) is 4.90 Å². The quantitative estimate of drug-likeness (QED) is 0.0376. The topological polar surface area (TPSA) is 101 Å². The Hall–Kier alpha value is -6.37. The molecule has 0 atom stereocenters. The lowest BCUT2D eigenvalue weighted by Gasteiger charge is -2.34. The summed E-state index contributed by atoms with van der Waals surface area (Å²) in [6.45, 7) is 4.14. The normalized spacial score (nSPS) is 15.1. The van der Waals surface area contributed by atoms with E-state index in [2.05, 4.69) is 19.6 Å². The van der Waals surface area contributed by atoms with Crippen molar-refractivity contribution >= 4 is 78.4 Å². The third-order valence-electron chi connectivity index (χ3n) is 10.6. The van der Waals surface area contributed by atoms with E-state index in [-0.39, 0.29) is 24.3 Å². The number of fused-ring (bicyclic) bond motifs is 2. The highest BCUT2D eigenvalue weighted by atomic mass is 16.5. The molecule has 0 spiro atoms. The highest BCUT2D eigenvalue weighted by molar-refractivity contribution is 6.43. The van der Waals surface area contributed by atoms with Crippen LogP contribution in [-0.4, -0.2) is 40.5 Å². The van der Waals surface area contributed by atoms with E-state index in [0.717, 1.165) is 68.5 Å². The molecular formula is C44H32N2O6. The predicted octanol–water partition coefficient (Wildman–Crippen LogP) is 9.05. The Morgan fingerprint density at radius 1 is 0.635 bits per heavy atom. The van der Waals surface area contributed by atoms with Crippen LogP contribution in [0.4, 0.5) is 5.69 Å². The van der Waals surface area contributed by atoms with E-state index in [0.29, 0.717) is 44.5 Å². The van der Waals surface area contributed by atoms with Crippen molar-refractivity contribution in [2.45, 2.75) is 52.0 Å². The summed E-state index contributed by atoms with van der Waals surface area (Å²) >= 11 is 0. The Bertz CT molecular complexity index is 2570. The molecule has 3 aliphatic rings. The molecule has 6 aromatic carbocycles. The van der Waals surface area contributed by atoms with Gasteiger partial charge in [0.05, 0.1) is 12.1 Å². The highest BCUT2D eigenvalue weighted by Crippen LogP contribution is 2.47. The van der Waals surface area contributed by atoms with Gasteiger partial charge in [0, 0.05) is 44.6 Å². The van der Waals surface area contributed by atoms with Gasteiger partial charge in [0.2, 0.25) is 0 Å². The number of allylic oxidation sites excluding steroid dienone is 2. The molecule has 52 heavy (non-hydrogen) atoms. The fourth-order valence-electron chi connectivity index (χ4n) is 8.39. The van der Waals surface area contributed by atoms with Gasteiger partial charge in [-0.25, -0.2) is 4.90 Å². The predicted molar refractivity (Wildman–Crippen MR) is 200 cm³/mol. The molecule has 0 aromatic heterocycles. The average molecular weight is 685 g/mol. The first-order chi connectivity index (χ1) is 25.3. The van der Waals surface area contributed by atoms with Crippen LogP contribution in [0.2, 0.25) is 0 Å². The standard InChI is InChI=1S/C44H32N2O6/c1-3-7-25(8-4-2)45-41(48)32-19-15-28-30-17-21-34-40-35(22-18-31(38(30)40)29-16-20-33(42(45)49)39(32)37(28)29)44(51)46(43(34)50)26-11-13-27(14-12-26)52-36(47)23-24-9-5-6-10-24/h5-6,9,11-22,25H,3-4,7-8,23H2,1-2H3. The zero-order chi connectivity index (χ0) is 35.8. The number of carbonyl (C=O) groups is 5. The molecule has 0 saturated heterocycles. The van der Waals surface area contributed by atoms with Crippen LogP contribution in [0.3, 0.4) is 0 Å². The second kappa shape index (κ2) is 11.9. The number of amides is 4. The maximum absolute atomic E-state index is 14.1. The molecule has 8 heteroatoms. The molecule has 0 radical (unpaired) electrons. The van der Waals surface area contributed by atoms with Gasteiger partial charge in [0.25, 0.3) is 23.6 Å². The van der Waals surface area contributed by atoms with E-state index >= 15 is 0 Å². The van der Waals surface area contributed by atoms with E-state index < -0.39 is 17.8 Å². The van der Waals surface area contributed by atoms with Crippen molar-refractivity contribution in [1.29, 1.82) is 0 Å². The number of anilines is 1. The van der Waals surface area contributed by atoms with Crippen molar-refractivity contribution in [3.05, 3.63) is 125 Å². The van der Waals surface area contributed by atoms with Crippen molar-refractivity contribution in [3.8, 4) is 5.75 Å². The Morgan fingerprint density at radius 3 is 1.56 bits per heavy atom. The first kappa shape index (κ1) is 31.6. The second-order valence-electron chi connectivity index (χ2n) is 13.6. The number of rotatable bonds is 9. The first-order valence-electron chi connectivity index (χ1n) is 17.7. The average Bonchev–Trinajstić information content (AvgIpc) is 3.66. The summed E-state index contributed by atoms with van der Waals surface area (Å²) in [6.07, 6.45) is 8.66. The number of esters is 1. The zero-order valence-corrected chi connectivity index (χ0v) is 28.6. The first-order valence-corrected chi connectivity index (χ1v) is 17.7. The fourth-order valence-corrected chi connectivity index (χ4v) is 8.39. The van der Waals surface area contributed by atoms with Gasteiger partial charge >= 0.3 is 5.97 Å². The van der Waals surface area contributed by atoms with Crippen LogP contribution in [0.1, 0.15) is 87.4 Å². The molecule has 1 aliphatic carbocycles. The van der Waals surface area contributed by atoms with E-state index in [1.165, 1.54) is 4.90 Å². The zero-order valence-electron chi connectivity index (χ0n) is 28.6. The summed E-state index contributed by atoms with van der Waals surface area (Å²) in [6, 6.07) is 21.0. The summed E-state index contributed by atoms with van der Waals surface area (Å²) in [7, 11) is 0. The summed E-state index contributed by atoms with van der Waals surface area (Å²) < 4.78 is 5.47. The van der Waals surface area contributed by atoms with Gasteiger partial charge < -0.3 is 4.74 Å². The lowest BCUT2D eigenvalue weighted by atomic mass is 9.82. The van der Waals surface area contributed by atoms with Gasteiger partial charge in [-0.05, 0) is 99.8 Å². The Kier molecular flexibility index (Phi) is 7.21. The van der Waals surface area contributed by atoms with Crippen molar-refractivity contribution < 1.29 is 28.7 Å². The minimum absolute atomic E-state index is 0.0806. The molecule has 0 unspecified atom stereocenters. The molecule has 0 fully saturated rings. The molecule has 0 bridgehead atoms. The molecule has 9 rings (SSSR count). The van der Waals surface area contributed by atoms with Crippen LogP contribution in [0.5, 0.6) is 5.75 Å². The van der Waals surface area contributed by atoms with Gasteiger partial charge in [0.1, 0.15) is 5.75 Å². The third kappa shape index (κ3) is 4.51. The minimum Gasteiger partial charge on any atom is -0.426 e. The van der Waals surface area contributed by atoms with E-state index in [9.17, 15) is 24.0 Å². The largest absolute Gasteiger partial charge is 0.426 e. The highest BCUT2D eigenvalue weighted by Gasteiger charge is 2.39. The number of imide groups is 2. The maximum atomic E-state index is 14.1. The van der Waals surface area contributed by atoms with Crippen LogP contribution in [0, 0.1) is 0 Å². The Morgan fingerprint density at radius 2 is 1.12 bits per heavy atom. The summed E-state index contributed by atoms with van der Waals surface area (Å²) in [5, 5.41) is 6.23. The van der Waals surface area contributed by atoms with Gasteiger partial charge in [-0.2, -0.15) is 0 Å².